The van der Waals surface area contributed by atoms with Gasteiger partial charge in [-0.15, -0.1) is 0 Å². The normalized spacial score (nSPS) is 13.2. The summed E-state index contributed by atoms with van der Waals surface area (Å²) in [6.45, 7) is 4.41. The van der Waals surface area contributed by atoms with E-state index in [9.17, 15) is 40.2 Å². The van der Waals surface area contributed by atoms with Crippen LogP contribution in [0.3, 0.4) is 0 Å². The van der Waals surface area contributed by atoms with E-state index in [4.69, 9.17) is 0 Å². The van der Waals surface area contributed by atoms with Crippen LogP contribution in [0.5, 0.6) is 0 Å². The van der Waals surface area contributed by atoms with Crippen LogP contribution in [0.4, 0.5) is 0 Å². The topological polar surface area (TPSA) is 167 Å². The molecular formula is C32H56O8S2Zn2. The van der Waals surface area contributed by atoms with Gasteiger partial charge in [-0.2, -0.15) is 0 Å². The van der Waals surface area contributed by atoms with Crippen LogP contribution in [0, 0.1) is 0 Å². The van der Waals surface area contributed by atoms with Gasteiger partial charge >= 0.3 is 39.0 Å². The van der Waals surface area contributed by atoms with Crippen LogP contribution in [0.15, 0.2) is 0 Å². The number of aliphatic carboxylic acids is 2. The zero-order valence-electron chi connectivity index (χ0n) is 27.5. The molecule has 0 aliphatic heterocycles. The second-order valence-corrected chi connectivity index (χ2v) is 12.3. The average Bonchev–Trinajstić information content (AvgIpc) is 2.90. The van der Waals surface area contributed by atoms with Gasteiger partial charge in [-0.3, -0.25) is 0 Å². The summed E-state index contributed by atoms with van der Waals surface area (Å²) in [4.78, 5) is 21.1. The molecule has 0 fully saturated rings. The molecule has 0 aromatic rings. The van der Waals surface area contributed by atoms with Crippen LogP contribution in [0.2, 0.25) is 0 Å². The summed E-state index contributed by atoms with van der Waals surface area (Å²) in [5.74, 6) is -2.88. The predicted molar refractivity (Wildman–Crippen MR) is 167 cm³/mol. The van der Waals surface area contributed by atoms with Crippen molar-refractivity contribution in [1.29, 1.82) is 0 Å². The van der Waals surface area contributed by atoms with Crippen molar-refractivity contribution in [2.24, 2.45) is 0 Å². The third-order valence-electron chi connectivity index (χ3n) is 7.52. The van der Waals surface area contributed by atoms with E-state index in [0.717, 1.165) is 38.5 Å². The number of hydrogen-bond donors (Lipinski definition) is 2. The Morgan fingerprint density at radius 2 is 0.682 bits per heavy atom. The van der Waals surface area contributed by atoms with E-state index in [1.54, 1.807) is 0 Å². The molecule has 44 heavy (non-hydrogen) atoms. The van der Waals surface area contributed by atoms with Gasteiger partial charge in [-0.05, 0) is 22.9 Å². The van der Waals surface area contributed by atoms with Crippen molar-refractivity contribution in [2.75, 3.05) is 0 Å². The fraction of sp³-hybridized carbons (Fsp3) is 0.875. The van der Waals surface area contributed by atoms with Crippen molar-refractivity contribution < 1.29 is 79.2 Å². The summed E-state index contributed by atoms with van der Waals surface area (Å²) in [5.41, 5.74) is -3.84. The van der Waals surface area contributed by atoms with Gasteiger partial charge in [-0.25, -0.2) is 0 Å². The molecule has 2 N–H and O–H groups in total. The van der Waals surface area contributed by atoms with E-state index < -0.39 is 46.1 Å². The molecule has 0 bridgehead atoms. The van der Waals surface area contributed by atoms with Gasteiger partial charge in [0.1, 0.15) is 0 Å². The third kappa shape index (κ3) is 30.5. The first-order valence-electron chi connectivity index (χ1n) is 16.1. The van der Waals surface area contributed by atoms with Crippen LogP contribution >= 0.6 is 24.4 Å². The van der Waals surface area contributed by atoms with Gasteiger partial charge in [0, 0.05) is 24.8 Å². The van der Waals surface area contributed by atoms with E-state index in [1.165, 1.54) is 77.0 Å². The van der Waals surface area contributed by atoms with Gasteiger partial charge in [0.2, 0.25) is 0 Å². The molecule has 0 aliphatic rings. The van der Waals surface area contributed by atoms with Crippen LogP contribution in [-0.4, -0.2) is 43.5 Å². The molecule has 0 amide bonds. The van der Waals surface area contributed by atoms with Crippen molar-refractivity contribution in [3.8, 4) is 0 Å². The number of carbonyl (C=O) groups excluding carboxylic acids is 2. The molecular weight excluding hydrogens is 707 g/mol. The molecule has 2 atom stereocenters. The molecule has 2 unspecified atom stereocenters. The van der Waals surface area contributed by atoms with Gasteiger partial charge in [-0.1, -0.05) is 167 Å². The fourth-order valence-corrected chi connectivity index (χ4v) is 5.16. The van der Waals surface area contributed by atoms with Gasteiger partial charge in [0.25, 0.3) is 0 Å². The van der Waals surface area contributed by atoms with E-state index in [1.807, 2.05) is 0 Å². The van der Waals surface area contributed by atoms with Gasteiger partial charge in [0.05, 0.1) is 11.2 Å². The Kier molecular flexibility index (Phi) is 37.8. The second-order valence-electron chi connectivity index (χ2n) is 11.6. The quantitative estimate of drug-likeness (QED) is 0.0682. The Labute approximate surface area is 303 Å². The molecule has 0 rings (SSSR count). The fourth-order valence-electron chi connectivity index (χ4n) is 4.81. The van der Waals surface area contributed by atoms with Crippen molar-refractivity contribution in [1.82, 2.24) is 0 Å². The summed E-state index contributed by atoms with van der Waals surface area (Å²) >= 11 is 8.84. The first kappa shape index (κ1) is 50.7. The van der Waals surface area contributed by atoms with Crippen LogP contribution in [-0.2, 0) is 48.5 Å². The zero-order chi connectivity index (χ0) is 32.3. The summed E-state index contributed by atoms with van der Waals surface area (Å²) < 4.78 is 0. The minimum absolute atomic E-state index is 0. The summed E-state index contributed by atoms with van der Waals surface area (Å²) in [6, 6.07) is 0. The van der Waals surface area contributed by atoms with Gasteiger partial charge < -0.3 is 40.2 Å². The van der Waals surface area contributed by atoms with Crippen molar-refractivity contribution in [3.63, 3.8) is 0 Å². The average molecular weight is 764 g/mol. The standard InChI is InChI=1S/2C16H30O4S.2Zn/c2*1-2-3-4-5-6-7-8-9-10-11-12-16(20,15(19)21)13-14(17)18;;/h2*20H,2-13H2,1H3,(H,17,18)(H,19,21);;/q;;2*+2/p-4. The maximum Gasteiger partial charge on any atom is 2.00 e. The first-order valence-corrected chi connectivity index (χ1v) is 16.9. The first-order chi connectivity index (χ1) is 19.8. The Morgan fingerprint density at radius 1 is 0.477 bits per heavy atom. The molecule has 0 spiro atoms. The van der Waals surface area contributed by atoms with Gasteiger partial charge in [0.15, 0.2) is 0 Å². The van der Waals surface area contributed by atoms with Crippen molar-refractivity contribution >= 4 is 46.5 Å². The summed E-state index contributed by atoms with van der Waals surface area (Å²) in [7, 11) is 0. The SMILES string of the molecule is CCCCCCCCCCCCC(O)(CC(=O)[O-])C([O-])=S.CCCCCCCCCCCCC(O)(CC(=O)[O-])C([O-])=S.[Zn+2].[Zn+2]. The number of thiocarbonyl (C=S) groups is 2. The van der Waals surface area contributed by atoms with E-state index in [2.05, 4.69) is 38.3 Å². The largest absolute Gasteiger partial charge is 2.00 e. The molecule has 8 nitrogen and oxygen atoms in total. The van der Waals surface area contributed by atoms with Crippen molar-refractivity contribution in [2.45, 2.75) is 179 Å². The molecule has 0 heterocycles. The summed E-state index contributed by atoms with van der Waals surface area (Å²) in [6.07, 6.45) is 21.5. The molecule has 12 heteroatoms. The number of aliphatic hydroxyl groups is 2. The monoisotopic (exact) mass is 760 g/mol. The second kappa shape index (κ2) is 32.8. The summed E-state index contributed by atoms with van der Waals surface area (Å²) in [5, 5.41) is 61.4. The molecule has 0 aromatic carbocycles. The third-order valence-corrected chi connectivity index (χ3v) is 8.28. The molecule has 248 valence electrons. The Morgan fingerprint density at radius 3 is 0.864 bits per heavy atom. The molecule has 0 saturated carbocycles. The smallest absolute Gasteiger partial charge is 0.866 e. The van der Waals surface area contributed by atoms with Crippen LogP contribution in [0.25, 0.3) is 0 Å². The number of unbranched alkanes of at least 4 members (excludes halogenated alkanes) is 18. The number of carboxylic acids is 2. The molecule has 0 saturated heterocycles. The number of carbonyl (C=O) groups is 2. The van der Waals surface area contributed by atoms with Crippen LogP contribution < -0.4 is 20.4 Å². The van der Waals surface area contributed by atoms with E-state index in [0.29, 0.717) is 12.8 Å². The maximum atomic E-state index is 11.2. The number of rotatable bonds is 28. The zero-order valence-corrected chi connectivity index (χ0v) is 35.1. The molecule has 0 aromatic heterocycles. The molecule has 0 radical (unpaired) electrons. The Bertz CT molecular complexity index is 685. The van der Waals surface area contributed by atoms with E-state index in [-0.39, 0.29) is 51.8 Å². The molecule has 0 aliphatic carbocycles. The number of carboxylic acid groups (broad SMARTS) is 2. The minimum Gasteiger partial charge on any atom is -0.866 e. The van der Waals surface area contributed by atoms with Crippen LogP contribution in [0.1, 0.15) is 168 Å². The van der Waals surface area contributed by atoms with Crippen molar-refractivity contribution in [3.05, 3.63) is 0 Å². The van der Waals surface area contributed by atoms with E-state index >= 15 is 0 Å². The number of hydrogen-bond acceptors (Lipinski definition) is 10. The Hall–Kier alpha value is -0.113. The minimum atomic E-state index is -1.92. The maximum absolute atomic E-state index is 11.2. The predicted octanol–water partition coefficient (Wildman–Crippen LogP) is 3.71. The Balaban J connectivity index is -0.000000348.